The molecule has 0 radical (unpaired) electrons. The molecule has 0 spiro atoms. The van der Waals surface area contributed by atoms with E-state index in [1.165, 1.54) is 0 Å². The van der Waals surface area contributed by atoms with E-state index in [2.05, 4.69) is 10.4 Å². The van der Waals surface area contributed by atoms with Gasteiger partial charge in [-0.05, 0) is 38.0 Å². The van der Waals surface area contributed by atoms with Crippen LogP contribution in [0.5, 0.6) is 0 Å². The largest absolute Gasteiger partial charge is 0.390 e. The molecule has 5 nitrogen and oxygen atoms in total. The fraction of sp³-hybridized carbons (Fsp3) is 0.412. The van der Waals surface area contributed by atoms with Gasteiger partial charge in [0.15, 0.2) is 0 Å². The topological polar surface area (TPSA) is 67.2 Å². The molecule has 0 aliphatic heterocycles. The smallest absolute Gasteiger partial charge is 0.245 e. The van der Waals surface area contributed by atoms with Crippen molar-refractivity contribution in [1.29, 1.82) is 0 Å². The fourth-order valence-corrected chi connectivity index (χ4v) is 3.17. The Kier molecular flexibility index (Phi) is 3.74. The van der Waals surface area contributed by atoms with E-state index in [-0.39, 0.29) is 11.9 Å². The second kappa shape index (κ2) is 5.57. The van der Waals surface area contributed by atoms with Crippen LogP contribution in [-0.4, -0.2) is 26.9 Å². The molecule has 1 amide bonds. The summed E-state index contributed by atoms with van der Waals surface area (Å²) in [5.74, 6) is -0.132. The Morgan fingerprint density at radius 2 is 2.14 bits per heavy atom. The van der Waals surface area contributed by atoms with Gasteiger partial charge in [-0.2, -0.15) is 5.10 Å². The van der Waals surface area contributed by atoms with Crippen LogP contribution in [0.4, 0.5) is 0 Å². The average molecular weight is 299 g/mol. The first-order valence-electron chi connectivity index (χ1n) is 7.56. The van der Waals surface area contributed by atoms with E-state index < -0.39 is 12.1 Å². The number of aliphatic hydroxyl groups excluding tert-OH is 1. The number of carbonyl (C=O) groups excluding carboxylic acids is 1. The Morgan fingerprint density at radius 1 is 1.41 bits per heavy atom. The number of nitrogens with zero attached hydrogens (tertiary/aromatic N) is 2. The van der Waals surface area contributed by atoms with Crippen molar-refractivity contribution in [3.05, 3.63) is 52.8 Å². The van der Waals surface area contributed by atoms with Gasteiger partial charge < -0.3 is 10.4 Å². The number of carbonyl (C=O) groups is 1. The maximum absolute atomic E-state index is 12.5. The Hall–Kier alpha value is -2.14. The van der Waals surface area contributed by atoms with Crippen molar-refractivity contribution in [1.82, 2.24) is 15.1 Å². The van der Waals surface area contributed by atoms with E-state index in [0.717, 1.165) is 22.5 Å². The minimum absolute atomic E-state index is 0.132. The first kappa shape index (κ1) is 14.8. The van der Waals surface area contributed by atoms with Crippen LogP contribution in [0.3, 0.4) is 0 Å². The van der Waals surface area contributed by atoms with Gasteiger partial charge in [0.2, 0.25) is 5.91 Å². The number of rotatable bonds is 3. The summed E-state index contributed by atoms with van der Waals surface area (Å²) < 4.78 is 1.72. The Morgan fingerprint density at radius 3 is 2.82 bits per heavy atom. The Balaban J connectivity index is 1.78. The standard InChI is InChI=1S/C17H21N3O2/c1-10-8-11(2)20(19-10)12(3)17(22)18-16-14-7-5-4-6-13(14)9-15(16)21/h4-8,12,15-16,21H,9H2,1-3H3,(H,18,22)/t12?,15-,16+/m0/s1. The molecule has 1 heterocycles. The zero-order valence-corrected chi connectivity index (χ0v) is 13.1. The number of amides is 1. The molecule has 0 fully saturated rings. The lowest BCUT2D eigenvalue weighted by molar-refractivity contribution is -0.125. The molecule has 2 N–H and O–H groups in total. The highest BCUT2D eigenvalue weighted by Gasteiger charge is 2.33. The highest BCUT2D eigenvalue weighted by atomic mass is 16.3. The minimum Gasteiger partial charge on any atom is -0.390 e. The van der Waals surface area contributed by atoms with Crippen molar-refractivity contribution in [2.24, 2.45) is 0 Å². The molecular weight excluding hydrogens is 278 g/mol. The normalized spacial score (nSPS) is 21.5. The van der Waals surface area contributed by atoms with Gasteiger partial charge in [-0.15, -0.1) is 0 Å². The zero-order chi connectivity index (χ0) is 15.9. The van der Waals surface area contributed by atoms with Crippen molar-refractivity contribution in [2.75, 3.05) is 0 Å². The molecule has 3 atom stereocenters. The predicted molar refractivity (Wildman–Crippen MR) is 83.4 cm³/mol. The highest BCUT2D eigenvalue weighted by Crippen LogP contribution is 2.31. The van der Waals surface area contributed by atoms with Crippen LogP contribution in [0.1, 0.15) is 41.5 Å². The number of fused-ring (bicyclic) bond motifs is 1. The molecule has 3 rings (SSSR count). The van der Waals surface area contributed by atoms with Crippen LogP contribution in [0.25, 0.3) is 0 Å². The monoisotopic (exact) mass is 299 g/mol. The fourth-order valence-electron chi connectivity index (χ4n) is 3.17. The molecule has 0 saturated carbocycles. The molecule has 1 aliphatic rings. The lowest BCUT2D eigenvalue weighted by atomic mass is 10.1. The summed E-state index contributed by atoms with van der Waals surface area (Å²) in [6.07, 6.45) is 0.00378. The molecule has 0 bridgehead atoms. The van der Waals surface area contributed by atoms with E-state index >= 15 is 0 Å². The van der Waals surface area contributed by atoms with E-state index in [4.69, 9.17) is 0 Å². The number of aryl methyl sites for hydroxylation is 2. The van der Waals surface area contributed by atoms with E-state index in [1.807, 2.05) is 51.1 Å². The van der Waals surface area contributed by atoms with Crippen molar-refractivity contribution in [2.45, 2.75) is 45.4 Å². The summed E-state index contributed by atoms with van der Waals surface area (Å²) in [7, 11) is 0. The quantitative estimate of drug-likeness (QED) is 0.908. The van der Waals surface area contributed by atoms with E-state index in [9.17, 15) is 9.90 Å². The molecule has 5 heteroatoms. The summed E-state index contributed by atoms with van der Waals surface area (Å²) in [5, 5.41) is 17.6. The number of benzene rings is 1. The molecule has 116 valence electrons. The van der Waals surface area contributed by atoms with Crippen molar-refractivity contribution < 1.29 is 9.90 Å². The van der Waals surface area contributed by atoms with Crippen LogP contribution in [-0.2, 0) is 11.2 Å². The number of nitrogens with one attached hydrogen (secondary N) is 1. The van der Waals surface area contributed by atoms with Gasteiger partial charge >= 0.3 is 0 Å². The van der Waals surface area contributed by atoms with Crippen LogP contribution >= 0.6 is 0 Å². The van der Waals surface area contributed by atoms with Crippen molar-refractivity contribution in [3.63, 3.8) is 0 Å². The van der Waals surface area contributed by atoms with E-state index in [1.54, 1.807) is 4.68 Å². The van der Waals surface area contributed by atoms with Gasteiger partial charge in [0.25, 0.3) is 0 Å². The summed E-state index contributed by atoms with van der Waals surface area (Å²) >= 11 is 0. The lowest BCUT2D eigenvalue weighted by Crippen LogP contribution is -2.38. The van der Waals surface area contributed by atoms with Crippen molar-refractivity contribution in [3.8, 4) is 0 Å². The second-order valence-corrected chi connectivity index (χ2v) is 6.00. The summed E-state index contributed by atoms with van der Waals surface area (Å²) in [6, 6.07) is 9.04. The van der Waals surface area contributed by atoms with Gasteiger partial charge in [-0.25, -0.2) is 0 Å². The molecule has 2 aromatic rings. The van der Waals surface area contributed by atoms with Gasteiger partial charge in [0, 0.05) is 12.1 Å². The van der Waals surface area contributed by atoms with Crippen LogP contribution < -0.4 is 5.32 Å². The molecule has 1 unspecified atom stereocenters. The first-order chi connectivity index (χ1) is 10.5. The molecule has 1 aromatic heterocycles. The first-order valence-corrected chi connectivity index (χ1v) is 7.56. The van der Waals surface area contributed by atoms with Gasteiger partial charge in [0.1, 0.15) is 6.04 Å². The van der Waals surface area contributed by atoms with Crippen LogP contribution in [0.2, 0.25) is 0 Å². The average Bonchev–Trinajstić information content (AvgIpc) is 2.98. The number of hydrogen-bond acceptors (Lipinski definition) is 3. The van der Waals surface area contributed by atoms with Gasteiger partial charge in [0.05, 0.1) is 17.8 Å². The summed E-state index contributed by atoms with van der Waals surface area (Å²) in [6.45, 7) is 5.66. The van der Waals surface area contributed by atoms with Crippen LogP contribution in [0.15, 0.2) is 30.3 Å². The summed E-state index contributed by atoms with van der Waals surface area (Å²) in [4.78, 5) is 12.5. The zero-order valence-electron chi connectivity index (χ0n) is 13.1. The Bertz CT molecular complexity index is 708. The third kappa shape index (κ3) is 2.52. The lowest BCUT2D eigenvalue weighted by Gasteiger charge is -2.21. The van der Waals surface area contributed by atoms with Crippen molar-refractivity contribution >= 4 is 5.91 Å². The molecule has 1 aliphatic carbocycles. The van der Waals surface area contributed by atoms with Crippen LogP contribution in [0, 0.1) is 13.8 Å². The van der Waals surface area contributed by atoms with Gasteiger partial charge in [-0.1, -0.05) is 24.3 Å². The second-order valence-electron chi connectivity index (χ2n) is 6.00. The maximum Gasteiger partial charge on any atom is 0.245 e. The molecule has 22 heavy (non-hydrogen) atoms. The third-order valence-corrected chi connectivity index (χ3v) is 4.29. The maximum atomic E-state index is 12.5. The van der Waals surface area contributed by atoms with E-state index in [0.29, 0.717) is 6.42 Å². The number of aliphatic hydroxyl groups is 1. The molecule has 0 saturated heterocycles. The number of hydrogen-bond donors (Lipinski definition) is 2. The molecule has 1 aromatic carbocycles. The Labute approximate surface area is 130 Å². The number of aromatic nitrogens is 2. The highest BCUT2D eigenvalue weighted by molar-refractivity contribution is 5.80. The SMILES string of the molecule is Cc1cc(C)n(C(C)C(=O)N[C@@H]2c3ccccc3C[C@@H]2O)n1. The third-order valence-electron chi connectivity index (χ3n) is 4.29. The minimum atomic E-state index is -0.575. The summed E-state index contributed by atoms with van der Waals surface area (Å²) in [5.41, 5.74) is 3.94. The molecular formula is C17H21N3O2. The van der Waals surface area contributed by atoms with Gasteiger partial charge in [-0.3, -0.25) is 9.48 Å². The predicted octanol–water partition coefficient (Wildman–Crippen LogP) is 1.84.